The van der Waals surface area contributed by atoms with E-state index in [1.807, 2.05) is 56.3 Å². The predicted octanol–water partition coefficient (Wildman–Crippen LogP) is 1.91. The van der Waals surface area contributed by atoms with Crippen LogP contribution in [0.4, 0.5) is 0 Å². The molecule has 0 spiro atoms. The summed E-state index contributed by atoms with van der Waals surface area (Å²) < 4.78 is 0. The molecule has 0 radical (unpaired) electrons. The fourth-order valence-electron chi connectivity index (χ4n) is 2.87. The minimum atomic E-state index is -1.82. The Morgan fingerprint density at radius 3 is 1.91 bits per heavy atom. The van der Waals surface area contributed by atoms with Gasteiger partial charge in [0.15, 0.2) is 0 Å². The molecule has 32 heavy (non-hydrogen) atoms. The Hall–Kier alpha value is -3.72. The Labute approximate surface area is 187 Å². The van der Waals surface area contributed by atoms with Crippen molar-refractivity contribution in [2.24, 2.45) is 5.73 Å². The third-order valence-electron chi connectivity index (χ3n) is 4.65. The van der Waals surface area contributed by atoms with E-state index in [0.29, 0.717) is 25.2 Å². The third-order valence-corrected chi connectivity index (χ3v) is 4.65. The summed E-state index contributed by atoms with van der Waals surface area (Å²) in [4.78, 5) is 45.7. The number of carbonyl (C=O) groups is 4. The molecule has 0 atom stereocenters. The monoisotopic (exact) mass is 443 g/mol. The van der Waals surface area contributed by atoms with Crippen LogP contribution in [0.1, 0.15) is 29.8 Å². The number of rotatable bonds is 7. The summed E-state index contributed by atoms with van der Waals surface area (Å²) in [6, 6.07) is 15.7. The van der Waals surface area contributed by atoms with Gasteiger partial charge in [-0.15, -0.1) is 0 Å². The molecular formula is C23H29N3O6. The molecule has 9 nitrogen and oxygen atoms in total. The predicted molar refractivity (Wildman–Crippen MR) is 120 cm³/mol. The van der Waals surface area contributed by atoms with Crippen molar-refractivity contribution in [3.63, 3.8) is 0 Å². The van der Waals surface area contributed by atoms with Gasteiger partial charge in [-0.25, -0.2) is 9.59 Å². The molecular weight excluding hydrogens is 414 g/mol. The van der Waals surface area contributed by atoms with Crippen LogP contribution in [-0.2, 0) is 20.9 Å². The van der Waals surface area contributed by atoms with Gasteiger partial charge in [0, 0.05) is 32.2 Å². The van der Waals surface area contributed by atoms with Crippen LogP contribution in [0, 0.1) is 0 Å². The van der Waals surface area contributed by atoms with Crippen molar-refractivity contribution in [2.45, 2.75) is 20.4 Å². The van der Waals surface area contributed by atoms with Crippen LogP contribution < -0.4 is 5.73 Å². The molecule has 0 unspecified atom stereocenters. The zero-order valence-corrected chi connectivity index (χ0v) is 18.4. The highest BCUT2D eigenvalue weighted by molar-refractivity contribution is 6.27. The molecule has 0 bridgehead atoms. The van der Waals surface area contributed by atoms with Gasteiger partial charge in [0.2, 0.25) is 5.91 Å². The normalized spacial score (nSPS) is 9.88. The van der Waals surface area contributed by atoms with Gasteiger partial charge in [0.25, 0.3) is 5.91 Å². The lowest BCUT2D eigenvalue weighted by atomic mass is 10.0. The van der Waals surface area contributed by atoms with Crippen molar-refractivity contribution in [3.8, 4) is 11.1 Å². The number of carboxylic acids is 2. The van der Waals surface area contributed by atoms with Crippen molar-refractivity contribution in [1.29, 1.82) is 0 Å². The van der Waals surface area contributed by atoms with Gasteiger partial charge >= 0.3 is 11.9 Å². The SMILES string of the molecule is CCN(CC)C(=O)c1ccc(-c2cccc(CN(C)C(=O)CN)c2)cc1.O=C(O)C(=O)O. The van der Waals surface area contributed by atoms with Crippen LogP contribution in [0.5, 0.6) is 0 Å². The van der Waals surface area contributed by atoms with E-state index in [4.69, 9.17) is 25.5 Å². The van der Waals surface area contributed by atoms with Gasteiger partial charge in [0.1, 0.15) is 0 Å². The Bertz CT molecular complexity index is 927. The molecule has 2 aromatic carbocycles. The number of aliphatic carboxylic acids is 2. The summed E-state index contributed by atoms with van der Waals surface area (Å²) in [5, 5.41) is 14.8. The van der Waals surface area contributed by atoms with Crippen LogP contribution in [0.25, 0.3) is 11.1 Å². The third kappa shape index (κ3) is 7.84. The van der Waals surface area contributed by atoms with Gasteiger partial charge in [-0.1, -0.05) is 30.3 Å². The van der Waals surface area contributed by atoms with Gasteiger partial charge in [0.05, 0.1) is 6.54 Å². The second kappa shape index (κ2) is 12.9. The summed E-state index contributed by atoms with van der Waals surface area (Å²) in [6.45, 7) is 5.89. The molecule has 0 aliphatic carbocycles. The maximum atomic E-state index is 12.4. The second-order valence-corrected chi connectivity index (χ2v) is 6.82. The molecule has 0 aliphatic rings. The van der Waals surface area contributed by atoms with E-state index in [-0.39, 0.29) is 18.4 Å². The van der Waals surface area contributed by atoms with Crippen molar-refractivity contribution in [1.82, 2.24) is 9.80 Å². The largest absolute Gasteiger partial charge is 0.473 e. The van der Waals surface area contributed by atoms with Crippen LogP contribution in [-0.4, -0.2) is 70.4 Å². The average Bonchev–Trinajstić information content (AvgIpc) is 2.79. The summed E-state index contributed by atoms with van der Waals surface area (Å²) >= 11 is 0. The highest BCUT2D eigenvalue weighted by Crippen LogP contribution is 2.22. The molecule has 9 heteroatoms. The Morgan fingerprint density at radius 2 is 1.44 bits per heavy atom. The standard InChI is InChI=1S/C21H27N3O2.C2H2O4/c1-4-24(5-2)21(26)18-11-9-17(10-12-18)19-8-6-7-16(13-19)15-23(3)20(25)14-22;3-1(4)2(5)6/h6-13H,4-5,14-15,22H2,1-3H3;(H,3,4)(H,5,6). The van der Waals surface area contributed by atoms with Crippen molar-refractivity contribution in [3.05, 3.63) is 59.7 Å². The zero-order chi connectivity index (χ0) is 24.3. The second-order valence-electron chi connectivity index (χ2n) is 6.82. The molecule has 2 amide bonds. The van der Waals surface area contributed by atoms with Gasteiger partial charge in [-0.2, -0.15) is 0 Å². The first-order chi connectivity index (χ1) is 15.1. The van der Waals surface area contributed by atoms with E-state index in [2.05, 4.69) is 6.07 Å². The first-order valence-electron chi connectivity index (χ1n) is 10.0. The van der Waals surface area contributed by atoms with Gasteiger partial charge in [-0.05, 0) is 48.7 Å². The first-order valence-corrected chi connectivity index (χ1v) is 10.0. The minimum Gasteiger partial charge on any atom is -0.473 e. The fourth-order valence-corrected chi connectivity index (χ4v) is 2.87. The molecule has 0 fully saturated rings. The van der Waals surface area contributed by atoms with Crippen molar-refractivity contribution in [2.75, 3.05) is 26.7 Å². The molecule has 2 aromatic rings. The number of hydrogen-bond donors (Lipinski definition) is 3. The number of nitrogens with two attached hydrogens (primary N) is 1. The van der Waals surface area contributed by atoms with Crippen LogP contribution in [0.3, 0.4) is 0 Å². The molecule has 0 aromatic heterocycles. The van der Waals surface area contributed by atoms with Crippen LogP contribution in [0.15, 0.2) is 48.5 Å². The van der Waals surface area contributed by atoms with Gasteiger partial charge in [-0.3, -0.25) is 9.59 Å². The highest BCUT2D eigenvalue weighted by atomic mass is 16.4. The van der Waals surface area contributed by atoms with E-state index >= 15 is 0 Å². The minimum absolute atomic E-state index is 0.0121. The lowest BCUT2D eigenvalue weighted by molar-refractivity contribution is -0.159. The lowest BCUT2D eigenvalue weighted by Gasteiger charge is -2.19. The number of carbonyl (C=O) groups excluding carboxylic acids is 2. The molecule has 4 N–H and O–H groups in total. The number of benzene rings is 2. The number of nitrogens with zero attached hydrogens (tertiary/aromatic N) is 2. The van der Waals surface area contributed by atoms with E-state index in [0.717, 1.165) is 16.7 Å². The molecule has 2 rings (SSSR count). The van der Waals surface area contributed by atoms with E-state index in [1.54, 1.807) is 16.8 Å². The Morgan fingerprint density at radius 1 is 0.875 bits per heavy atom. The number of likely N-dealkylation sites (N-methyl/N-ethyl adjacent to an activating group) is 1. The summed E-state index contributed by atoms with van der Waals surface area (Å²) in [5.74, 6) is -3.68. The van der Waals surface area contributed by atoms with E-state index in [9.17, 15) is 9.59 Å². The van der Waals surface area contributed by atoms with E-state index < -0.39 is 11.9 Å². The van der Waals surface area contributed by atoms with E-state index in [1.165, 1.54) is 0 Å². The number of carboxylic acid groups (broad SMARTS) is 2. The molecule has 0 aliphatic heterocycles. The summed E-state index contributed by atoms with van der Waals surface area (Å²) in [6.07, 6.45) is 0. The van der Waals surface area contributed by atoms with Crippen LogP contribution >= 0.6 is 0 Å². The smallest absolute Gasteiger partial charge is 0.414 e. The molecule has 0 saturated heterocycles. The maximum absolute atomic E-state index is 12.4. The summed E-state index contributed by atoms with van der Waals surface area (Å²) in [7, 11) is 1.75. The average molecular weight is 444 g/mol. The van der Waals surface area contributed by atoms with Crippen LogP contribution in [0.2, 0.25) is 0 Å². The Balaban J connectivity index is 0.000000751. The van der Waals surface area contributed by atoms with Gasteiger partial charge < -0.3 is 25.7 Å². The quantitative estimate of drug-likeness (QED) is 0.555. The Kier molecular flexibility index (Phi) is 10.6. The number of amides is 2. The van der Waals surface area contributed by atoms with Crippen molar-refractivity contribution < 1.29 is 29.4 Å². The maximum Gasteiger partial charge on any atom is 0.414 e. The fraction of sp³-hybridized carbons (Fsp3) is 0.304. The first kappa shape index (κ1) is 26.3. The topological polar surface area (TPSA) is 141 Å². The zero-order valence-electron chi connectivity index (χ0n) is 18.4. The molecule has 172 valence electrons. The highest BCUT2D eigenvalue weighted by Gasteiger charge is 2.12. The number of hydrogen-bond acceptors (Lipinski definition) is 5. The van der Waals surface area contributed by atoms with Crippen molar-refractivity contribution >= 4 is 23.8 Å². The molecule has 0 heterocycles. The lowest BCUT2D eigenvalue weighted by Crippen LogP contribution is -2.32. The summed E-state index contributed by atoms with van der Waals surface area (Å²) in [5.41, 5.74) is 9.23. The molecule has 0 saturated carbocycles.